The van der Waals surface area contributed by atoms with Crippen LogP contribution in [0.25, 0.3) is 10.9 Å². The van der Waals surface area contributed by atoms with E-state index in [1.54, 1.807) is 17.2 Å². The van der Waals surface area contributed by atoms with Crippen LogP contribution in [0, 0.1) is 11.3 Å². The first-order valence-electron chi connectivity index (χ1n) is 9.18. The van der Waals surface area contributed by atoms with Crippen molar-refractivity contribution in [2.45, 2.75) is 33.7 Å². The van der Waals surface area contributed by atoms with E-state index in [-0.39, 0.29) is 24.4 Å². The number of fused-ring (bicyclic) bond motifs is 1. The quantitative estimate of drug-likeness (QED) is 0.692. The van der Waals surface area contributed by atoms with Gasteiger partial charge in [0.2, 0.25) is 0 Å². The van der Waals surface area contributed by atoms with Gasteiger partial charge in [-0.15, -0.1) is 0 Å². The van der Waals surface area contributed by atoms with E-state index in [1.165, 1.54) is 3.58 Å². The number of aromatic nitrogens is 1. The number of carbonyl (C=O) groups excluding carboxylic acids is 2. The summed E-state index contributed by atoms with van der Waals surface area (Å²) in [4.78, 5) is 38.1. The number of likely N-dealkylation sites (tertiary alicyclic amines) is 1. The number of amides is 2. The molecule has 1 aliphatic rings. The van der Waals surface area contributed by atoms with Crippen LogP contribution < -0.4 is 8.90 Å². The number of carbonyl (C=O) groups is 2. The molecule has 2 heterocycles. The maximum absolute atomic E-state index is 12.9. The van der Waals surface area contributed by atoms with E-state index < -0.39 is 18.4 Å². The Labute approximate surface area is 163 Å². The molecule has 0 bridgehead atoms. The molecule has 0 aliphatic carbocycles. The number of nitrogens with one attached hydrogen (secondary N) is 1. The monoisotopic (exact) mass is 472 g/mol. The minimum absolute atomic E-state index is 0.0954. The van der Waals surface area contributed by atoms with Gasteiger partial charge in [-0.3, -0.25) is 0 Å². The van der Waals surface area contributed by atoms with Crippen molar-refractivity contribution in [3.63, 3.8) is 0 Å². The predicted molar refractivity (Wildman–Crippen MR) is 107 cm³/mol. The summed E-state index contributed by atoms with van der Waals surface area (Å²) in [6, 6.07) is 9.51. The molecule has 1 fully saturated rings. The van der Waals surface area contributed by atoms with Gasteiger partial charge in [0, 0.05) is 0 Å². The minimum atomic E-state index is -2.47. The molecule has 0 spiro atoms. The van der Waals surface area contributed by atoms with Crippen molar-refractivity contribution in [1.82, 2.24) is 15.2 Å². The number of benzene rings is 1. The summed E-state index contributed by atoms with van der Waals surface area (Å²) in [7, 11) is 0. The molecule has 1 unspecified atom stereocenters. The maximum atomic E-state index is 12.9. The van der Waals surface area contributed by atoms with Gasteiger partial charge in [-0.2, -0.15) is 0 Å². The Hall–Kier alpha value is -2.14. The Balaban J connectivity index is 1.84. The van der Waals surface area contributed by atoms with Gasteiger partial charge >= 0.3 is 164 Å². The molecule has 27 heavy (non-hydrogen) atoms. The number of pyridine rings is 1. The first-order chi connectivity index (χ1) is 12.8. The van der Waals surface area contributed by atoms with Gasteiger partial charge < -0.3 is 0 Å². The van der Waals surface area contributed by atoms with Crippen LogP contribution in [-0.4, -0.2) is 59.2 Å². The van der Waals surface area contributed by atoms with Gasteiger partial charge in [-0.05, 0) is 0 Å². The normalized spacial score (nSPS) is 17.0. The number of rotatable bonds is 4. The topological polar surface area (TPSA) is 86.1 Å². The molecule has 2 amide bonds. The zero-order valence-electron chi connectivity index (χ0n) is 16.0. The van der Waals surface area contributed by atoms with Gasteiger partial charge in [0.05, 0.1) is 0 Å². The summed E-state index contributed by atoms with van der Waals surface area (Å²) in [5.41, 5.74) is 1.37. The van der Waals surface area contributed by atoms with Crippen molar-refractivity contribution in [3.05, 3.63) is 36.0 Å². The van der Waals surface area contributed by atoms with E-state index in [0.29, 0.717) is 18.5 Å². The third kappa shape index (κ3) is 4.08. The van der Waals surface area contributed by atoms with Crippen molar-refractivity contribution in [2.24, 2.45) is 0 Å². The first kappa shape index (κ1) is 19.6. The van der Waals surface area contributed by atoms with Gasteiger partial charge in [0.25, 0.3) is 0 Å². The summed E-state index contributed by atoms with van der Waals surface area (Å²) in [5.74, 6) is -0.479. The summed E-state index contributed by atoms with van der Waals surface area (Å²) < 4.78 is 1.25. The van der Waals surface area contributed by atoms with E-state index in [1.807, 2.05) is 12.1 Å². The standard InChI is InChI=1S/C17H15N4O2.3CH3.Sn/c18-10-12-4-3-9-21(12)16(22)11-20-17(23)14-7-8-19-15-6-2-1-5-13(14)15;;;;/h1-2,6-8,12H,3-4,9,11H2,(H,20,23);3*1H3;. The Kier molecular flexibility index (Phi) is 5.70. The fourth-order valence-electron chi connectivity index (χ4n) is 3.57. The van der Waals surface area contributed by atoms with Crippen LogP contribution in [0.15, 0.2) is 30.5 Å². The van der Waals surface area contributed by atoms with Crippen LogP contribution in [0.1, 0.15) is 23.2 Å². The van der Waals surface area contributed by atoms with Crippen molar-refractivity contribution >= 4 is 44.7 Å². The molecular weight excluding hydrogens is 447 g/mol. The van der Waals surface area contributed by atoms with Crippen LogP contribution in [0.2, 0.25) is 14.8 Å². The Morgan fingerprint density at radius 3 is 2.81 bits per heavy atom. The van der Waals surface area contributed by atoms with Crippen LogP contribution in [0.5, 0.6) is 0 Å². The van der Waals surface area contributed by atoms with Gasteiger partial charge in [0.1, 0.15) is 0 Å². The molecule has 6 nitrogen and oxygen atoms in total. The number of nitriles is 1. The van der Waals surface area contributed by atoms with E-state index in [0.717, 1.165) is 17.3 Å². The van der Waals surface area contributed by atoms with Crippen LogP contribution in [0.3, 0.4) is 0 Å². The van der Waals surface area contributed by atoms with Gasteiger partial charge in [-0.1, -0.05) is 0 Å². The van der Waals surface area contributed by atoms with Crippen molar-refractivity contribution in [3.8, 4) is 6.07 Å². The van der Waals surface area contributed by atoms with Crippen LogP contribution >= 0.6 is 0 Å². The second-order valence-electron chi connectivity index (χ2n) is 7.87. The zero-order valence-corrected chi connectivity index (χ0v) is 18.8. The third-order valence-corrected chi connectivity index (χ3v) is 10.7. The molecule has 0 saturated carbocycles. The van der Waals surface area contributed by atoms with E-state index in [2.05, 4.69) is 37.3 Å². The molecule has 1 aromatic heterocycles. The Morgan fingerprint density at radius 1 is 1.33 bits per heavy atom. The van der Waals surface area contributed by atoms with Gasteiger partial charge in [-0.25, -0.2) is 0 Å². The molecule has 1 saturated heterocycles. The van der Waals surface area contributed by atoms with Crippen molar-refractivity contribution in [1.29, 1.82) is 5.26 Å². The fraction of sp³-hybridized carbons (Fsp3) is 0.400. The molecule has 1 N–H and O–H groups in total. The molecule has 0 radical (unpaired) electrons. The summed E-state index contributed by atoms with van der Waals surface area (Å²) in [6.07, 6.45) is 3.16. The zero-order chi connectivity index (χ0) is 19.6. The predicted octanol–water partition coefficient (Wildman–Crippen LogP) is 2.02. The third-order valence-electron chi connectivity index (χ3n) is 4.94. The van der Waals surface area contributed by atoms with E-state index >= 15 is 0 Å². The molecule has 1 aliphatic heterocycles. The summed E-state index contributed by atoms with van der Waals surface area (Å²) in [5, 5.41) is 12.8. The van der Waals surface area contributed by atoms with Crippen molar-refractivity contribution in [2.75, 3.05) is 13.1 Å². The molecule has 1 aromatic carbocycles. The number of hydrogen-bond acceptors (Lipinski definition) is 4. The average molecular weight is 471 g/mol. The SMILES string of the molecule is [CH3][Sn]([CH3])([CH3])[c]1cccc2nccc(C(=O)NCC(=O)N3CCCC3C#N)c12. The molecule has 3 rings (SSSR count). The van der Waals surface area contributed by atoms with E-state index in [9.17, 15) is 9.59 Å². The first-order valence-corrected chi connectivity index (χ1v) is 19.2. The molecular formula is C20H24N4O2Sn. The van der Waals surface area contributed by atoms with Crippen LogP contribution in [-0.2, 0) is 4.79 Å². The second-order valence-corrected chi connectivity index (χ2v) is 22.2. The molecule has 1 atom stereocenters. The molecule has 140 valence electrons. The Bertz CT molecular complexity index is 924. The summed E-state index contributed by atoms with van der Waals surface area (Å²) in [6.45, 7) is 0.482. The van der Waals surface area contributed by atoms with Gasteiger partial charge in [0.15, 0.2) is 0 Å². The fourth-order valence-corrected chi connectivity index (χ4v) is 8.16. The van der Waals surface area contributed by atoms with E-state index in [4.69, 9.17) is 5.26 Å². The molecule has 7 heteroatoms. The second kappa shape index (κ2) is 7.85. The van der Waals surface area contributed by atoms with Crippen molar-refractivity contribution < 1.29 is 9.59 Å². The summed E-state index contributed by atoms with van der Waals surface area (Å²) >= 11 is -2.47. The van der Waals surface area contributed by atoms with Crippen LogP contribution in [0.4, 0.5) is 0 Å². The molecule has 2 aromatic rings. The number of hydrogen-bond donors (Lipinski definition) is 1. The Morgan fingerprint density at radius 2 is 2.11 bits per heavy atom. The average Bonchev–Trinajstić information content (AvgIpc) is 3.13. The number of nitrogens with zero attached hydrogens (tertiary/aromatic N) is 3.